The topological polar surface area (TPSA) is 86.7 Å². The van der Waals surface area contributed by atoms with E-state index in [4.69, 9.17) is 0 Å². The summed E-state index contributed by atoms with van der Waals surface area (Å²) in [7, 11) is 0. The van der Waals surface area contributed by atoms with Gasteiger partial charge in [-0.15, -0.1) is 5.10 Å². The number of aromatic nitrogens is 4. The summed E-state index contributed by atoms with van der Waals surface area (Å²) in [5.41, 5.74) is 0. The van der Waals surface area contributed by atoms with E-state index < -0.39 is 4.92 Å². The predicted molar refractivity (Wildman–Crippen MR) is 64.0 cm³/mol. The molecule has 0 unspecified atom stereocenters. The molecule has 2 aromatic heterocycles. The molecule has 7 nitrogen and oxygen atoms in total. The van der Waals surface area contributed by atoms with Crippen molar-refractivity contribution in [2.75, 3.05) is 0 Å². The molecule has 0 aliphatic rings. The van der Waals surface area contributed by atoms with Gasteiger partial charge in [0.15, 0.2) is 10.2 Å². The highest BCUT2D eigenvalue weighted by Gasteiger charge is 2.13. The van der Waals surface area contributed by atoms with Gasteiger partial charge in [0.25, 0.3) is 0 Å². The molecule has 17 heavy (non-hydrogen) atoms. The molecule has 2 aromatic rings. The first-order chi connectivity index (χ1) is 8.19. The molecule has 0 fully saturated rings. The fourth-order valence-corrected chi connectivity index (χ4v) is 2.71. The third-order valence-electron chi connectivity index (χ3n) is 1.82. The summed E-state index contributed by atoms with van der Waals surface area (Å²) in [6.45, 7) is 2.05. The van der Waals surface area contributed by atoms with Gasteiger partial charge in [-0.25, -0.2) is 9.97 Å². The molecule has 0 aliphatic carbocycles. The Balaban J connectivity index is 2.05. The van der Waals surface area contributed by atoms with Crippen LogP contribution in [0, 0.1) is 10.1 Å². The maximum absolute atomic E-state index is 10.5. The van der Waals surface area contributed by atoms with Crippen molar-refractivity contribution < 1.29 is 4.92 Å². The fourth-order valence-electron chi connectivity index (χ4n) is 1.12. The van der Waals surface area contributed by atoms with Crippen LogP contribution in [-0.2, 0) is 6.42 Å². The fraction of sp³-hybridized carbons (Fsp3) is 0.375. The van der Waals surface area contributed by atoms with Crippen LogP contribution >= 0.6 is 23.3 Å². The molecule has 0 saturated carbocycles. The first-order valence-corrected chi connectivity index (χ1v) is 6.47. The zero-order valence-electron chi connectivity index (χ0n) is 8.94. The van der Waals surface area contributed by atoms with Gasteiger partial charge in [0.05, 0.1) is 4.92 Å². The number of nitrogens with zero attached hydrogens (tertiary/aromatic N) is 5. The van der Waals surface area contributed by atoms with Crippen LogP contribution in [0.25, 0.3) is 0 Å². The van der Waals surface area contributed by atoms with Gasteiger partial charge in [-0.1, -0.05) is 6.92 Å². The van der Waals surface area contributed by atoms with Gasteiger partial charge < -0.3 is 0 Å². The SMILES string of the molecule is CCCc1ncn(Sc2ncc([N+](=O)[O-])s2)n1. The van der Waals surface area contributed by atoms with E-state index in [2.05, 4.69) is 22.0 Å². The Morgan fingerprint density at radius 3 is 3.06 bits per heavy atom. The summed E-state index contributed by atoms with van der Waals surface area (Å²) in [6, 6.07) is 0. The van der Waals surface area contributed by atoms with Gasteiger partial charge in [0.2, 0.25) is 0 Å². The highest BCUT2D eigenvalue weighted by molar-refractivity contribution is 7.99. The summed E-state index contributed by atoms with van der Waals surface area (Å²) in [6.07, 6.45) is 4.64. The summed E-state index contributed by atoms with van der Waals surface area (Å²) in [5.74, 6) is 0.769. The number of hydrogen-bond donors (Lipinski definition) is 0. The maximum atomic E-state index is 10.5. The number of aryl methyl sites for hydroxylation is 1. The second-order valence-electron chi connectivity index (χ2n) is 3.13. The zero-order chi connectivity index (χ0) is 12.3. The van der Waals surface area contributed by atoms with Gasteiger partial charge in [0, 0.05) is 18.4 Å². The molecule has 0 bridgehead atoms. The van der Waals surface area contributed by atoms with Crippen molar-refractivity contribution in [3.8, 4) is 0 Å². The van der Waals surface area contributed by atoms with E-state index in [1.165, 1.54) is 18.1 Å². The Morgan fingerprint density at radius 1 is 1.59 bits per heavy atom. The standard InChI is InChI=1S/C8H9N5O2S2/c1-2-3-6-10-5-12(11-6)17-8-9-4-7(16-8)13(14)15/h4-5H,2-3H2,1H3. The molecule has 90 valence electrons. The third-order valence-corrected chi connectivity index (χ3v) is 3.66. The Morgan fingerprint density at radius 2 is 2.41 bits per heavy atom. The lowest BCUT2D eigenvalue weighted by molar-refractivity contribution is -0.380. The first kappa shape index (κ1) is 12.0. The Kier molecular flexibility index (Phi) is 3.69. The molecule has 9 heteroatoms. The highest BCUT2D eigenvalue weighted by Crippen LogP contribution is 2.29. The van der Waals surface area contributed by atoms with Gasteiger partial charge in [-0.3, -0.25) is 10.1 Å². The minimum atomic E-state index is -0.453. The van der Waals surface area contributed by atoms with Crippen molar-refractivity contribution in [1.29, 1.82) is 0 Å². The van der Waals surface area contributed by atoms with Crippen molar-refractivity contribution in [1.82, 2.24) is 19.2 Å². The second kappa shape index (κ2) is 5.23. The van der Waals surface area contributed by atoms with Crippen LogP contribution in [0.4, 0.5) is 5.00 Å². The van der Waals surface area contributed by atoms with Gasteiger partial charge in [-0.2, -0.15) is 4.09 Å². The van der Waals surface area contributed by atoms with Crippen molar-refractivity contribution in [3.05, 3.63) is 28.5 Å². The Bertz CT molecular complexity index is 523. The average Bonchev–Trinajstić information content (AvgIpc) is 2.89. The highest BCUT2D eigenvalue weighted by atomic mass is 32.2. The van der Waals surface area contributed by atoms with Crippen molar-refractivity contribution in [2.24, 2.45) is 0 Å². The van der Waals surface area contributed by atoms with Gasteiger partial charge in [0.1, 0.15) is 12.5 Å². The Labute approximate surface area is 105 Å². The van der Waals surface area contributed by atoms with Gasteiger partial charge in [-0.05, 0) is 17.8 Å². The lowest BCUT2D eigenvalue weighted by atomic mass is 10.3. The predicted octanol–water partition coefficient (Wildman–Crippen LogP) is 2.15. The number of rotatable bonds is 5. The molecule has 0 spiro atoms. The second-order valence-corrected chi connectivity index (χ2v) is 5.34. The molecular weight excluding hydrogens is 262 g/mol. The molecule has 2 heterocycles. The average molecular weight is 271 g/mol. The van der Waals surface area contributed by atoms with E-state index in [-0.39, 0.29) is 5.00 Å². The number of hydrogen-bond acceptors (Lipinski definition) is 7. The van der Waals surface area contributed by atoms with E-state index in [0.29, 0.717) is 4.34 Å². The van der Waals surface area contributed by atoms with Crippen molar-refractivity contribution >= 4 is 28.3 Å². The molecule has 0 atom stereocenters. The maximum Gasteiger partial charge on any atom is 0.344 e. The Hall–Kier alpha value is -1.48. The molecular formula is C8H9N5O2S2. The molecule has 0 aliphatic heterocycles. The molecule has 0 amide bonds. The van der Waals surface area contributed by atoms with E-state index in [1.54, 1.807) is 10.4 Å². The minimum Gasteiger partial charge on any atom is -0.257 e. The molecule has 0 radical (unpaired) electrons. The van der Waals surface area contributed by atoms with Crippen LogP contribution in [0.3, 0.4) is 0 Å². The summed E-state index contributed by atoms with van der Waals surface area (Å²) in [5, 5.41) is 14.7. The largest absolute Gasteiger partial charge is 0.344 e. The van der Waals surface area contributed by atoms with E-state index in [1.807, 2.05) is 0 Å². The number of thiazole rings is 1. The first-order valence-electron chi connectivity index (χ1n) is 4.88. The summed E-state index contributed by atoms with van der Waals surface area (Å²) < 4.78 is 2.14. The third kappa shape index (κ3) is 3.01. The van der Waals surface area contributed by atoms with E-state index in [9.17, 15) is 10.1 Å². The molecule has 0 saturated heterocycles. The van der Waals surface area contributed by atoms with Crippen LogP contribution in [0.2, 0.25) is 0 Å². The van der Waals surface area contributed by atoms with Crippen LogP contribution < -0.4 is 0 Å². The normalized spacial score (nSPS) is 10.6. The van der Waals surface area contributed by atoms with Crippen molar-refractivity contribution in [3.63, 3.8) is 0 Å². The molecule has 0 N–H and O–H groups in total. The van der Waals surface area contributed by atoms with E-state index in [0.717, 1.165) is 30.0 Å². The summed E-state index contributed by atoms with van der Waals surface area (Å²) in [4.78, 5) is 18.1. The molecule has 2 rings (SSSR count). The zero-order valence-corrected chi connectivity index (χ0v) is 10.6. The molecule has 0 aromatic carbocycles. The summed E-state index contributed by atoms with van der Waals surface area (Å²) >= 11 is 2.24. The monoisotopic (exact) mass is 271 g/mol. The lowest BCUT2D eigenvalue weighted by Gasteiger charge is -1.92. The minimum absolute atomic E-state index is 0.0291. The van der Waals surface area contributed by atoms with Crippen LogP contribution in [-0.4, -0.2) is 24.1 Å². The lowest BCUT2D eigenvalue weighted by Crippen LogP contribution is -1.90. The van der Waals surface area contributed by atoms with E-state index >= 15 is 0 Å². The van der Waals surface area contributed by atoms with Crippen LogP contribution in [0.5, 0.6) is 0 Å². The quantitative estimate of drug-likeness (QED) is 0.611. The van der Waals surface area contributed by atoms with Crippen LogP contribution in [0.1, 0.15) is 19.2 Å². The van der Waals surface area contributed by atoms with Crippen LogP contribution in [0.15, 0.2) is 16.9 Å². The van der Waals surface area contributed by atoms with Crippen molar-refractivity contribution in [2.45, 2.75) is 24.1 Å². The van der Waals surface area contributed by atoms with Gasteiger partial charge >= 0.3 is 5.00 Å². The number of nitro groups is 1. The smallest absolute Gasteiger partial charge is 0.257 e.